The van der Waals surface area contributed by atoms with Crippen molar-refractivity contribution in [2.75, 3.05) is 11.7 Å². The van der Waals surface area contributed by atoms with Gasteiger partial charge < -0.3 is 9.47 Å². The summed E-state index contributed by atoms with van der Waals surface area (Å²) in [5.74, 6) is 0.762. The smallest absolute Gasteiger partial charge is 0.418 e. The van der Waals surface area contributed by atoms with Crippen LogP contribution >= 0.6 is 11.3 Å². The van der Waals surface area contributed by atoms with Crippen LogP contribution in [0.2, 0.25) is 0 Å². The van der Waals surface area contributed by atoms with Crippen molar-refractivity contribution >= 4 is 38.7 Å². The van der Waals surface area contributed by atoms with Crippen LogP contribution in [-0.4, -0.2) is 22.7 Å². The van der Waals surface area contributed by atoms with Gasteiger partial charge in [-0.3, -0.25) is 14.7 Å². The number of rotatable bonds is 5. The van der Waals surface area contributed by atoms with Gasteiger partial charge in [-0.15, -0.1) is 0 Å². The maximum absolute atomic E-state index is 13.5. The van der Waals surface area contributed by atoms with Crippen LogP contribution in [0.15, 0.2) is 67.0 Å². The molecule has 3 heterocycles. The first-order valence-corrected chi connectivity index (χ1v) is 10.9. The summed E-state index contributed by atoms with van der Waals surface area (Å²) in [6.07, 6.45) is 1.60. The van der Waals surface area contributed by atoms with Gasteiger partial charge in [-0.2, -0.15) is 13.2 Å². The Morgan fingerprint density at radius 3 is 2.76 bits per heavy atom. The predicted octanol–water partition coefficient (Wildman–Crippen LogP) is 5.69. The van der Waals surface area contributed by atoms with Gasteiger partial charge in [0.15, 0.2) is 16.6 Å². The molecule has 6 nitrogen and oxygen atoms in total. The van der Waals surface area contributed by atoms with Crippen molar-refractivity contribution in [3.63, 3.8) is 0 Å². The van der Waals surface area contributed by atoms with Gasteiger partial charge in [0.05, 0.1) is 22.3 Å². The van der Waals surface area contributed by atoms with E-state index in [9.17, 15) is 18.0 Å². The molecule has 2 aromatic heterocycles. The number of fused-ring (bicyclic) bond motifs is 2. The van der Waals surface area contributed by atoms with E-state index >= 15 is 0 Å². The number of ether oxygens (including phenoxy) is 2. The second kappa shape index (κ2) is 8.79. The highest BCUT2D eigenvalue weighted by Gasteiger charge is 2.34. The number of benzene rings is 2. The van der Waals surface area contributed by atoms with E-state index in [0.717, 1.165) is 17.4 Å². The molecule has 2 aromatic carbocycles. The average Bonchev–Trinajstić information content (AvgIpc) is 3.47. The van der Waals surface area contributed by atoms with Crippen LogP contribution in [-0.2, 0) is 17.5 Å². The fraction of sp³-hybridized carbons (Fsp3) is 0.125. The number of aromatic nitrogens is 2. The SMILES string of the molecule is O=C(C=Cc1ccc2c(c1)OCO2)N(Cc1cccnc1)c1nc2c(C(F)(F)F)cccc2s1. The summed E-state index contributed by atoms with van der Waals surface area (Å²) < 4.78 is 51.4. The molecule has 0 atom stereocenters. The standard InChI is InChI=1S/C24H16F3N3O3S/c25-24(26,27)17-4-1-5-20-22(17)29-23(34-20)30(13-16-3-2-10-28-12-16)21(31)9-7-15-6-8-18-19(11-15)33-14-32-18/h1-12H,13-14H2. The van der Waals surface area contributed by atoms with Gasteiger partial charge in [0.2, 0.25) is 6.79 Å². The molecule has 0 saturated carbocycles. The third-order valence-electron chi connectivity index (χ3n) is 5.09. The third kappa shape index (κ3) is 4.44. The molecule has 0 unspecified atom stereocenters. The maximum atomic E-state index is 13.5. The van der Waals surface area contributed by atoms with E-state index in [1.807, 2.05) is 0 Å². The Labute approximate surface area is 195 Å². The summed E-state index contributed by atoms with van der Waals surface area (Å²) in [6, 6.07) is 12.6. The zero-order chi connectivity index (χ0) is 23.7. The van der Waals surface area contributed by atoms with Crippen molar-refractivity contribution in [3.05, 3.63) is 83.7 Å². The Bertz CT molecular complexity index is 1390. The fourth-order valence-corrected chi connectivity index (χ4v) is 4.47. The van der Waals surface area contributed by atoms with Gasteiger partial charge in [0, 0.05) is 18.5 Å². The van der Waals surface area contributed by atoms with Gasteiger partial charge >= 0.3 is 6.18 Å². The lowest BCUT2D eigenvalue weighted by atomic mass is 10.2. The average molecular weight is 483 g/mol. The van der Waals surface area contributed by atoms with Crippen molar-refractivity contribution in [1.29, 1.82) is 0 Å². The zero-order valence-electron chi connectivity index (χ0n) is 17.5. The Morgan fingerprint density at radius 2 is 1.97 bits per heavy atom. The molecule has 34 heavy (non-hydrogen) atoms. The number of alkyl halides is 3. The van der Waals surface area contributed by atoms with E-state index in [1.54, 1.807) is 54.9 Å². The van der Waals surface area contributed by atoms with E-state index in [-0.39, 0.29) is 24.0 Å². The lowest BCUT2D eigenvalue weighted by Gasteiger charge is -2.18. The molecule has 0 aliphatic carbocycles. The Hall–Kier alpha value is -3.92. The van der Waals surface area contributed by atoms with Crippen molar-refractivity contribution in [2.24, 2.45) is 0 Å². The Balaban J connectivity index is 1.50. The van der Waals surface area contributed by atoms with Crippen molar-refractivity contribution in [1.82, 2.24) is 9.97 Å². The molecule has 10 heteroatoms. The summed E-state index contributed by atoms with van der Waals surface area (Å²) in [5, 5.41) is 0.163. The number of para-hydroxylation sites is 1. The number of anilines is 1. The van der Waals surface area contributed by atoms with Gasteiger partial charge in [0.1, 0.15) is 0 Å². The van der Waals surface area contributed by atoms with Crippen molar-refractivity contribution in [3.8, 4) is 11.5 Å². The second-order valence-electron chi connectivity index (χ2n) is 7.38. The van der Waals surface area contributed by atoms with Crippen LogP contribution in [0.4, 0.5) is 18.3 Å². The van der Waals surface area contributed by atoms with Gasteiger partial charge in [-0.05, 0) is 47.5 Å². The summed E-state index contributed by atoms with van der Waals surface area (Å²) >= 11 is 1.02. The third-order valence-corrected chi connectivity index (χ3v) is 6.13. The molecular formula is C24H16F3N3O3S. The minimum Gasteiger partial charge on any atom is -0.454 e. The Morgan fingerprint density at radius 1 is 1.12 bits per heavy atom. The largest absolute Gasteiger partial charge is 0.454 e. The number of thiazole rings is 1. The number of amides is 1. The van der Waals surface area contributed by atoms with Gasteiger partial charge in [-0.1, -0.05) is 29.5 Å². The molecule has 1 aliphatic rings. The van der Waals surface area contributed by atoms with Crippen molar-refractivity contribution in [2.45, 2.75) is 12.7 Å². The predicted molar refractivity (Wildman–Crippen MR) is 122 cm³/mol. The van der Waals surface area contributed by atoms with Gasteiger partial charge in [0.25, 0.3) is 5.91 Å². The van der Waals surface area contributed by atoms with Crippen LogP contribution in [0.5, 0.6) is 11.5 Å². The molecule has 0 spiro atoms. The summed E-state index contributed by atoms with van der Waals surface area (Å²) in [6.45, 7) is 0.233. The molecule has 1 aliphatic heterocycles. The minimum atomic E-state index is -4.55. The van der Waals surface area contributed by atoms with Crippen LogP contribution in [0.1, 0.15) is 16.7 Å². The van der Waals surface area contributed by atoms with Crippen LogP contribution in [0.25, 0.3) is 16.3 Å². The molecular weight excluding hydrogens is 467 g/mol. The minimum absolute atomic E-state index is 0.0966. The number of carbonyl (C=O) groups excluding carboxylic acids is 1. The first-order valence-electron chi connectivity index (χ1n) is 10.1. The second-order valence-corrected chi connectivity index (χ2v) is 8.39. The number of hydrogen-bond donors (Lipinski definition) is 0. The summed E-state index contributed by atoms with van der Waals surface area (Å²) in [7, 11) is 0. The van der Waals surface area contributed by atoms with Gasteiger partial charge in [-0.25, -0.2) is 4.98 Å². The first-order chi connectivity index (χ1) is 16.4. The maximum Gasteiger partial charge on any atom is 0.418 e. The Kier molecular flexibility index (Phi) is 5.66. The van der Waals surface area contributed by atoms with E-state index in [1.165, 1.54) is 17.0 Å². The fourth-order valence-electron chi connectivity index (χ4n) is 3.47. The number of halogens is 3. The quantitative estimate of drug-likeness (QED) is 0.342. The zero-order valence-corrected chi connectivity index (χ0v) is 18.3. The number of hydrogen-bond acceptors (Lipinski definition) is 6. The van der Waals surface area contributed by atoms with E-state index in [0.29, 0.717) is 27.3 Å². The highest BCUT2D eigenvalue weighted by molar-refractivity contribution is 7.22. The molecule has 4 aromatic rings. The van der Waals surface area contributed by atoms with Crippen LogP contribution in [0, 0.1) is 0 Å². The van der Waals surface area contributed by atoms with Crippen molar-refractivity contribution < 1.29 is 27.4 Å². The van der Waals surface area contributed by atoms with Crippen LogP contribution in [0.3, 0.4) is 0 Å². The molecule has 172 valence electrons. The van der Waals surface area contributed by atoms with E-state index in [4.69, 9.17) is 9.47 Å². The molecule has 5 rings (SSSR count). The van der Waals surface area contributed by atoms with Crippen LogP contribution < -0.4 is 14.4 Å². The topological polar surface area (TPSA) is 64.6 Å². The monoisotopic (exact) mass is 483 g/mol. The highest BCUT2D eigenvalue weighted by Crippen LogP contribution is 2.39. The number of nitrogens with zero attached hydrogens (tertiary/aromatic N) is 3. The molecule has 0 saturated heterocycles. The number of pyridine rings is 1. The summed E-state index contributed by atoms with van der Waals surface area (Å²) in [5.41, 5.74) is 0.404. The lowest BCUT2D eigenvalue weighted by Crippen LogP contribution is -2.28. The molecule has 0 bridgehead atoms. The lowest BCUT2D eigenvalue weighted by molar-refractivity contribution is -0.136. The first kappa shape index (κ1) is 21.9. The normalized spacial score (nSPS) is 13.0. The molecule has 0 fully saturated rings. The molecule has 0 N–H and O–H groups in total. The van der Waals surface area contributed by atoms with E-state index in [2.05, 4.69) is 9.97 Å². The number of carbonyl (C=O) groups is 1. The summed E-state index contributed by atoms with van der Waals surface area (Å²) in [4.78, 5) is 22.8. The molecule has 1 amide bonds. The molecule has 0 radical (unpaired) electrons. The highest BCUT2D eigenvalue weighted by atomic mass is 32.1. The van der Waals surface area contributed by atoms with E-state index < -0.39 is 17.6 Å².